The largest absolute Gasteiger partial charge is 0.493 e. The third-order valence-electron chi connectivity index (χ3n) is 3.45. The molecule has 0 fully saturated rings. The molecule has 1 atom stereocenters. The number of benzene rings is 1. The van der Waals surface area contributed by atoms with Crippen LogP contribution in [0.4, 0.5) is 4.79 Å². The molecule has 9 heteroatoms. The second-order valence-electron chi connectivity index (χ2n) is 5.75. The number of nitrogens with one attached hydrogen (secondary N) is 1. The number of urea groups is 1. The summed E-state index contributed by atoms with van der Waals surface area (Å²) in [4.78, 5) is 34.8. The lowest BCUT2D eigenvalue weighted by molar-refractivity contribution is -0.153. The van der Waals surface area contributed by atoms with Crippen molar-refractivity contribution in [3.63, 3.8) is 0 Å². The zero-order valence-corrected chi connectivity index (χ0v) is 15.9. The van der Waals surface area contributed by atoms with Crippen molar-refractivity contribution in [2.24, 2.45) is 11.7 Å². The van der Waals surface area contributed by atoms with Crippen LogP contribution in [-0.4, -0.2) is 45.3 Å². The lowest BCUT2D eigenvalue weighted by Crippen LogP contribution is -2.45. The maximum Gasteiger partial charge on any atom is 0.331 e. The maximum atomic E-state index is 12.1. The van der Waals surface area contributed by atoms with E-state index in [2.05, 4.69) is 0 Å². The highest BCUT2D eigenvalue weighted by Gasteiger charge is 2.26. The van der Waals surface area contributed by atoms with Crippen molar-refractivity contribution in [2.45, 2.75) is 20.0 Å². The van der Waals surface area contributed by atoms with Gasteiger partial charge in [-0.2, -0.15) is 0 Å². The third kappa shape index (κ3) is 6.21. The Morgan fingerprint density at radius 1 is 1.04 bits per heavy atom. The molecular weight excluding hydrogens is 356 g/mol. The zero-order chi connectivity index (χ0) is 20.6. The smallest absolute Gasteiger partial charge is 0.331 e. The van der Waals surface area contributed by atoms with Gasteiger partial charge in [-0.15, -0.1) is 0 Å². The van der Waals surface area contributed by atoms with E-state index in [1.54, 1.807) is 26.0 Å². The fourth-order valence-corrected chi connectivity index (χ4v) is 2.21. The fraction of sp³-hybridized carbons (Fsp3) is 0.389. The van der Waals surface area contributed by atoms with E-state index in [4.69, 9.17) is 24.7 Å². The van der Waals surface area contributed by atoms with Gasteiger partial charge in [-0.3, -0.25) is 10.1 Å². The number of nitrogens with two attached hydrogens (primary N) is 1. The predicted octanol–water partition coefficient (Wildman–Crippen LogP) is 1.49. The molecule has 27 heavy (non-hydrogen) atoms. The van der Waals surface area contributed by atoms with E-state index in [1.165, 1.54) is 27.4 Å². The number of rotatable bonds is 8. The summed E-state index contributed by atoms with van der Waals surface area (Å²) in [5, 5.41) is 1.90. The molecule has 0 spiro atoms. The monoisotopic (exact) mass is 380 g/mol. The van der Waals surface area contributed by atoms with Gasteiger partial charge in [0.05, 0.1) is 21.3 Å². The summed E-state index contributed by atoms with van der Waals surface area (Å²) in [6.45, 7) is 3.34. The molecule has 3 amide bonds. The Bertz CT molecular complexity index is 703. The van der Waals surface area contributed by atoms with Crippen LogP contribution in [0.2, 0.25) is 0 Å². The second kappa shape index (κ2) is 10.0. The van der Waals surface area contributed by atoms with Gasteiger partial charge in [0.25, 0.3) is 5.91 Å². The summed E-state index contributed by atoms with van der Waals surface area (Å²) in [5.74, 6) is -0.642. The number of amides is 3. The highest BCUT2D eigenvalue weighted by Crippen LogP contribution is 2.38. The van der Waals surface area contributed by atoms with E-state index in [-0.39, 0.29) is 5.92 Å². The van der Waals surface area contributed by atoms with Gasteiger partial charge >= 0.3 is 12.0 Å². The number of methoxy groups -OCH3 is 3. The Balaban J connectivity index is 2.96. The highest BCUT2D eigenvalue weighted by atomic mass is 16.5. The summed E-state index contributed by atoms with van der Waals surface area (Å²) in [5.41, 5.74) is 5.50. The van der Waals surface area contributed by atoms with Crippen molar-refractivity contribution < 1.29 is 33.3 Å². The average Bonchev–Trinajstić information content (AvgIpc) is 2.62. The first kappa shape index (κ1) is 21.8. The molecule has 0 radical (unpaired) electrons. The number of hydrogen-bond acceptors (Lipinski definition) is 7. The molecule has 1 rings (SSSR count). The Kier molecular flexibility index (Phi) is 8.12. The van der Waals surface area contributed by atoms with E-state index in [0.29, 0.717) is 22.8 Å². The zero-order valence-electron chi connectivity index (χ0n) is 15.9. The molecular formula is C18H24N2O7. The van der Waals surface area contributed by atoms with Gasteiger partial charge in [-0.05, 0) is 29.7 Å². The second-order valence-corrected chi connectivity index (χ2v) is 5.75. The molecule has 9 nitrogen and oxygen atoms in total. The normalized spacial score (nSPS) is 11.8. The number of carbonyl (C=O) groups excluding carboxylic acids is 3. The molecule has 0 saturated carbocycles. The maximum absolute atomic E-state index is 12.1. The van der Waals surface area contributed by atoms with Crippen LogP contribution in [0.1, 0.15) is 19.4 Å². The van der Waals surface area contributed by atoms with Crippen LogP contribution < -0.4 is 25.3 Å². The Morgan fingerprint density at radius 3 is 2.00 bits per heavy atom. The molecule has 0 heterocycles. The number of imide groups is 1. The van der Waals surface area contributed by atoms with E-state index in [0.717, 1.165) is 6.08 Å². The topological polar surface area (TPSA) is 126 Å². The number of esters is 1. The molecule has 1 aromatic carbocycles. The SMILES string of the molecule is COc1cc(/C=C/C(=O)O[C@@H](C(=O)NC(N)=O)C(C)C)cc(OC)c1OC. The van der Waals surface area contributed by atoms with Gasteiger partial charge in [0, 0.05) is 6.08 Å². The van der Waals surface area contributed by atoms with Crippen LogP contribution in [0.15, 0.2) is 18.2 Å². The van der Waals surface area contributed by atoms with Crippen LogP contribution in [-0.2, 0) is 14.3 Å². The minimum atomic E-state index is -1.16. The average molecular weight is 380 g/mol. The van der Waals surface area contributed by atoms with Crippen molar-refractivity contribution >= 4 is 24.0 Å². The van der Waals surface area contributed by atoms with Crippen molar-refractivity contribution in [1.29, 1.82) is 0 Å². The Labute approximate surface area is 157 Å². The molecule has 3 N–H and O–H groups in total. The summed E-state index contributed by atoms with van der Waals surface area (Å²) in [6, 6.07) is 2.27. The van der Waals surface area contributed by atoms with E-state index in [1.807, 2.05) is 5.32 Å². The van der Waals surface area contributed by atoms with Crippen molar-refractivity contribution in [3.05, 3.63) is 23.8 Å². The van der Waals surface area contributed by atoms with E-state index in [9.17, 15) is 14.4 Å². The molecule has 0 bridgehead atoms. The van der Waals surface area contributed by atoms with Gasteiger partial charge < -0.3 is 24.7 Å². The molecule has 0 saturated heterocycles. The van der Waals surface area contributed by atoms with Crippen LogP contribution in [0.3, 0.4) is 0 Å². The first-order valence-electron chi connectivity index (χ1n) is 8.02. The first-order chi connectivity index (χ1) is 12.7. The molecule has 0 aromatic heterocycles. The minimum Gasteiger partial charge on any atom is -0.493 e. The van der Waals surface area contributed by atoms with Crippen LogP contribution >= 0.6 is 0 Å². The Morgan fingerprint density at radius 2 is 1.59 bits per heavy atom. The molecule has 0 unspecified atom stereocenters. The van der Waals surface area contributed by atoms with Gasteiger partial charge in [0.15, 0.2) is 17.6 Å². The summed E-state index contributed by atoms with van der Waals surface area (Å²) < 4.78 is 20.8. The number of hydrogen-bond donors (Lipinski definition) is 2. The van der Waals surface area contributed by atoms with Gasteiger partial charge in [0.2, 0.25) is 5.75 Å². The molecule has 148 valence electrons. The van der Waals surface area contributed by atoms with Crippen LogP contribution in [0, 0.1) is 5.92 Å². The first-order valence-corrected chi connectivity index (χ1v) is 8.02. The van der Waals surface area contributed by atoms with Gasteiger partial charge in [-0.1, -0.05) is 13.8 Å². The molecule has 1 aromatic rings. The summed E-state index contributed by atoms with van der Waals surface area (Å²) in [7, 11) is 4.43. The van der Waals surface area contributed by atoms with Crippen molar-refractivity contribution in [1.82, 2.24) is 5.32 Å². The third-order valence-corrected chi connectivity index (χ3v) is 3.45. The van der Waals surface area contributed by atoms with Gasteiger partial charge in [0.1, 0.15) is 0 Å². The Hall–Kier alpha value is -3.23. The quantitative estimate of drug-likeness (QED) is 0.517. The van der Waals surface area contributed by atoms with Crippen LogP contribution in [0.5, 0.6) is 17.2 Å². The van der Waals surface area contributed by atoms with Gasteiger partial charge in [-0.25, -0.2) is 9.59 Å². The van der Waals surface area contributed by atoms with Crippen molar-refractivity contribution in [3.8, 4) is 17.2 Å². The molecule has 0 aliphatic heterocycles. The number of carbonyl (C=O) groups is 3. The van der Waals surface area contributed by atoms with Crippen molar-refractivity contribution in [2.75, 3.05) is 21.3 Å². The molecule has 0 aliphatic rings. The van der Waals surface area contributed by atoms with Crippen LogP contribution in [0.25, 0.3) is 6.08 Å². The predicted molar refractivity (Wildman–Crippen MR) is 97.6 cm³/mol. The lowest BCUT2D eigenvalue weighted by atomic mass is 10.1. The van der Waals surface area contributed by atoms with E-state index < -0.39 is 24.0 Å². The lowest BCUT2D eigenvalue weighted by Gasteiger charge is -2.18. The van der Waals surface area contributed by atoms with E-state index >= 15 is 0 Å². The number of primary amides is 1. The summed E-state index contributed by atoms with van der Waals surface area (Å²) >= 11 is 0. The standard InChI is InChI=1S/C18H24N2O7/c1-10(2)15(17(22)20-18(19)23)27-14(21)7-6-11-8-12(24-3)16(26-5)13(9-11)25-4/h6-10,15H,1-5H3,(H3,19,20,22,23)/b7-6+/t15-/m1/s1. The summed E-state index contributed by atoms with van der Waals surface area (Å²) in [6.07, 6.45) is 1.46. The highest BCUT2D eigenvalue weighted by molar-refractivity contribution is 5.97. The number of ether oxygens (including phenoxy) is 4. The fourth-order valence-electron chi connectivity index (χ4n) is 2.21. The molecule has 0 aliphatic carbocycles. The minimum absolute atomic E-state index is 0.358.